The van der Waals surface area contributed by atoms with E-state index >= 15 is 0 Å². The van der Waals surface area contributed by atoms with Crippen molar-refractivity contribution in [3.05, 3.63) is 158 Å². The molecule has 656 valence electrons. The van der Waals surface area contributed by atoms with Crippen LogP contribution in [-0.2, 0) is 74.8 Å². The second-order valence-corrected chi connectivity index (χ2v) is 43.5. The van der Waals surface area contributed by atoms with Gasteiger partial charge in [-0.15, -0.1) is 0 Å². The van der Waals surface area contributed by atoms with E-state index in [1.54, 1.807) is 0 Å². The second kappa shape index (κ2) is 33.8. The summed E-state index contributed by atoms with van der Waals surface area (Å²) in [6, 6.07) is 54.3. The van der Waals surface area contributed by atoms with E-state index in [1.165, 1.54) is 105 Å². The lowest BCUT2D eigenvalue weighted by Gasteiger charge is -2.61. The number of aliphatic carboxylic acids is 1. The maximum absolute atomic E-state index is 12.8. The molecule has 16 bridgehead atoms. The molecule has 122 heavy (non-hydrogen) atoms. The molecule has 0 spiro atoms. The molecule has 0 N–H and O–H groups in total. The number of alkyl halides is 6. The third kappa shape index (κ3) is 16.1. The first-order chi connectivity index (χ1) is 57.9. The summed E-state index contributed by atoms with van der Waals surface area (Å²) in [4.78, 5) is 67.1. The van der Waals surface area contributed by atoms with Crippen LogP contribution in [0.2, 0.25) is 0 Å². The standard InChI is InChI=1S/2C46H55O6S.C4H2F6O5S/c2*1-28-36-20-32-18-33(21-36)25-45(28,24-32)43(49-30(3)47)51-39-14-8-10-16-41(39)53(38-12-6-5-7-13-38)42-17-11-9-15-40(42)52-44(50-31(4)48)46-26-34-19-35(27-46)23-37(22-34)29(46)2;5-2(6,1(11)12)3(7,8)4(9,10)16(13,14)15/h2*5-17,28-29,32-37,43-44H,18-27H2,1-4H3;(H,11,12)(H,13,14,15)/q2*+1;/p-2. The molecule has 16 saturated carbocycles. The quantitative estimate of drug-likeness (QED) is 0.0122. The molecule has 0 saturated heterocycles. The molecule has 16 unspecified atom stereocenters. The van der Waals surface area contributed by atoms with Gasteiger partial charge in [-0.1, -0.05) is 113 Å². The predicted molar refractivity (Wildman–Crippen MR) is 438 cm³/mol. The number of para-hydroxylation sites is 4. The normalized spacial score (nSPS) is 33.6. The third-order valence-electron chi connectivity index (χ3n) is 31.0. The van der Waals surface area contributed by atoms with E-state index in [0.29, 0.717) is 94.7 Å². The summed E-state index contributed by atoms with van der Waals surface area (Å²) in [5.74, 6) is -6.01. The van der Waals surface area contributed by atoms with Crippen LogP contribution in [0.15, 0.2) is 187 Å². The summed E-state index contributed by atoms with van der Waals surface area (Å²) in [5, 5.41) is 2.68. The number of carbonyl (C=O) groups excluding carboxylic acids is 5. The highest BCUT2D eigenvalue weighted by molar-refractivity contribution is 7.97. The SMILES string of the molecule is CC(=O)OC(Oc1ccccc1[S+](c1ccccc1)c1ccccc1OC(OC(C)=O)C12CC3CC(CC(C3)C1C)C2)C12CC3CC(CC(C3)C1C)C2.CC(=O)OC(Oc1ccccc1[S+](c1ccccc1)c1ccccc1OC(OC(C)=O)C12CC3CC(CC(C3)C1C)C2)C12CC3CC(CC(C3)C1C)C2.O=C([O-])C(F)(F)C(F)(F)C(F)(F)S(=O)(=O)[O-]. The van der Waals surface area contributed by atoms with E-state index in [1.807, 2.05) is 60.7 Å². The number of rotatable bonds is 26. The molecule has 0 amide bonds. The molecule has 17 nitrogen and oxygen atoms in total. The monoisotopic (exact) mass is 1740 g/mol. The molecule has 0 aliphatic heterocycles. The van der Waals surface area contributed by atoms with Crippen molar-refractivity contribution < 1.29 is 106 Å². The smallest absolute Gasteiger partial charge is 0.402 e. The average Bonchev–Trinajstić information content (AvgIpc) is 0.728. The van der Waals surface area contributed by atoms with Gasteiger partial charge in [-0.05, 0) is 296 Å². The molecule has 16 aliphatic carbocycles. The Labute approximate surface area is 716 Å². The zero-order chi connectivity index (χ0) is 86.5. The van der Waals surface area contributed by atoms with Gasteiger partial charge < -0.3 is 52.3 Å². The maximum atomic E-state index is 12.8. The predicted octanol–water partition coefficient (Wildman–Crippen LogP) is 19.6. The molecule has 16 atom stereocenters. The van der Waals surface area contributed by atoms with Crippen LogP contribution < -0.4 is 24.1 Å². The summed E-state index contributed by atoms with van der Waals surface area (Å²) < 4.78 is 155. The van der Waals surface area contributed by atoms with Gasteiger partial charge in [0.2, 0.25) is 44.7 Å². The Kier molecular flexibility index (Phi) is 24.2. The zero-order valence-electron chi connectivity index (χ0n) is 70.1. The lowest BCUT2D eigenvalue weighted by atomic mass is 9.45. The lowest BCUT2D eigenvalue weighted by molar-refractivity contribution is -0.361. The van der Waals surface area contributed by atoms with Crippen molar-refractivity contribution in [3.63, 3.8) is 0 Å². The Hall–Kier alpha value is -7.94. The number of carbonyl (C=O) groups is 5. The van der Waals surface area contributed by atoms with Crippen LogP contribution in [0.3, 0.4) is 0 Å². The summed E-state index contributed by atoms with van der Waals surface area (Å²) in [5.41, 5.74) is -0.811. The van der Waals surface area contributed by atoms with Crippen molar-refractivity contribution in [3.8, 4) is 23.0 Å². The zero-order valence-corrected chi connectivity index (χ0v) is 72.6. The maximum Gasteiger partial charge on any atom is 0.402 e. The lowest BCUT2D eigenvalue weighted by Crippen LogP contribution is -2.63. The fourth-order valence-electron chi connectivity index (χ4n) is 26.3. The number of esters is 4. The van der Waals surface area contributed by atoms with Gasteiger partial charge in [0.25, 0.3) is 0 Å². The summed E-state index contributed by atoms with van der Waals surface area (Å²) in [6.07, 6.45) is 21.1. The third-order valence-corrected chi connectivity index (χ3v) is 36.5. The van der Waals surface area contributed by atoms with E-state index in [4.69, 9.17) is 37.9 Å². The van der Waals surface area contributed by atoms with Crippen molar-refractivity contribution in [1.82, 2.24) is 0 Å². The first kappa shape index (κ1) is 87.5. The molecule has 0 heterocycles. The highest BCUT2D eigenvalue weighted by Gasteiger charge is 2.76. The first-order valence-electron chi connectivity index (χ1n) is 43.5. The number of ether oxygens (including phenoxy) is 8. The fraction of sp³-hybridized carbons (Fsp3) is 0.573. The van der Waals surface area contributed by atoms with Crippen molar-refractivity contribution in [2.45, 2.75) is 255 Å². The Morgan fingerprint density at radius 1 is 0.352 bits per heavy atom. The van der Waals surface area contributed by atoms with Gasteiger partial charge in [0.1, 0.15) is 27.8 Å². The molecular weight excluding hydrogens is 1640 g/mol. The number of halogens is 6. The molecule has 16 aliphatic rings. The van der Waals surface area contributed by atoms with Crippen LogP contribution in [0.5, 0.6) is 23.0 Å². The number of carboxylic acid groups (broad SMARTS) is 1. The Bertz CT molecular complexity index is 4430. The van der Waals surface area contributed by atoms with Gasteiger partial charge >= 0.3 is 41.0 Å². The van der Waals surface area contributed by atoms with Gasteiger partial charge in [-0.25, -0.2) is 8.42 Å². The summed E-state index contributed by atoms with van der Waals surface area (Å²) in [6.45, 7) is 15.6. The first-order valence-corrected chi connectivity index (χ1v) is 47.4. The number of carboxylic acids is 1. The minimum atomic E-state index is -7.18. The van der Waals surface area contributed by atoms with E-state index in [9.17, 15) is 68.4 Å². The minimum absolute atomic E-state index is 0.203. The number of hydrogen-bond donors (Lipinski definition) is 0. The minimum Gasteiger partial charge on any atom is -0.743 e. The van der Waals surface area contributed by atoms with E-state index in [0.717, 1.165) is 104 Å². The Morgan fingerprint density at radius 3 is 0.754 bits per heavy atom. The highest BCUT2D eigenvalue weighted by atomic mass is 32.2. The van der Waals surface area contributed by atoms with Gasteiger partial charge in [0.05, 0.1) is 0 Å². The molecular formula is C96H110F6O17S3. The summed E-state index contributed by atoms with van der Waals surface area (Å²) in [7, 11) is -8.52. The molecule has 6 aromatic carbocycles. The van der Waals surface area contributed by atoms with Crippen LogP contribution in [0.1, 0.15) is 184 Å². The molecule has 6 aromatic rings. The molecule has 26 heteroatoms. The topological polar surface area (TPSA) is 239 Å². The number of hydrogen-bond acceptors (Lipinski definition) is 17. The van der Waals surface area contributed by atoms with Crippen LogP contribution >= 0.6 is 0 Å². The second-order valence-electron chi connectivity index (χ2n) is 38.2. The molecule has 0 radical (unpaired) electrons. The van der Waals surface area contributed by atoms with E-state index in [2.05, 4.69) is 125 Å². The molecule has 22 rings (SSSR count). The van der Waals surface area contributed by atoms with Crippen molar-refractivity contribution in [2.24, 2.45) is 116 Å². The van der Waals surface area contributed by atoms with Gasteiger partial charge in [0, 0.05) is 49.4 Å². The van der Waals surface area contributed by atoms with Crippen molar-refractivity contribution in [2.75, 3.05) is 0 Å². The molecule has 0 aromatic heterocycles. The Balaban J connectivity index is 0.000000154. The van der Waals surface area contributed by atoms with E-state index in [-0.39, 0.29) is 45.5 Å². The Morgan fingerprint density at radius 2 is 0.557 bits per heavy atom. The largest absolute Gasteiger partial charge is 0.743 e. The molecule has 16 fully saturated rings. The van der Waals surface area contributed by atoms with Crippen LogP contribution in [0, 0.1) is 116 Å². The van der Waals surface area contributed by atoms with Crippen LogP contribution in [-0.4, -0.2) is 85.1 Å². The average molecular weight is 1750 g/mol. The highest BCUT2D eigenvalue weighted by Crippen LogP contribution is 2.70. The summed E-state index contributed by atoms with van der Waals surface area (Å²) >= 11 is 0. The van der Waals surface area contributed by atoms with Crippen molar-refractivity contribution in [1.29, 1.82) is 0 Å². The fourth-order valence-corrected chi connectivity index (χ4v) is 31.3. The van der Waals surface area contributed by atoms with Crippen LogP contribution in [0.25, 0.3) is 0 Å². The number of benzene rings is 6. The van der Waals surface area contributed by atoms with Crippen molar-refractivity contribution >= 4 is 61.8 Å². The van der Waals surface area contributed by atoms with Crippen LogP contribution in [0.4, 0.5) is 26.3 Å². The van der Waals surface area contributed by atoms with Gasteiger partial charge in [-0.3, -0.25) is 19.2 Å². The van der Waals surface area contributed by atoms with Gasteiger partial charge in [0.15, 0.2) is 42.9 Å². The van der Waals surface area contributed by atoms with E-state index < -0.39 is 80.1 Å². The van der Waals surface area contributed by atoms with Gasteiger partial charge in [-0.2, -0.15) is 26.3 Å².